The molecule has 1 aromatic heterocycles. The molecule has 0 spiro atoms. The van der Waals surface area contributed by atoms with Gasteiger partial charge >= 0.3 is 0 Å². The van der Waals surface area contributed by atoms with Gasteiger partial charge in [0.05, 0.1) is 17.7 Å². The van der Waals surface area contributed by atoms with E-state index in [1.54, 1.807) is 60.9 Å². The van der Waals surface area contributed by atoms with Gasteiger partial charge in [-0.3, -0.25) is 24.3 Å². The van der Waals surface area contributed by atoms with Gasteiger partial charge in [-0.25, -0.2) is 4.99 Å². The minimum atomic E-state index is -0.331. The molecule has 3 aromatic carbocycles. The van der Waals surface area contributed by atoms with Crippen molar-refractivity contribution in [2.75, 3.05) is 10.6 Å². The van der Waals surface area contributed by atoms with Gasteiger partial charge in [-0.05, 0) is 78.2 Å². The van der Waals surface area contributed by atoms with E-state index in [1.165, 1.54) is 4.90 Å². The monoisotopic (exact) mass is 542 g/mol. The molecule has 9 heteroatoms. The van der Waals surface area contributed by atoms with Crippen molar-refractivity contribution in [3.63, 3.8) is 0 Å². The van der Waals surface area contributed by atoms with E-state index >= 15 is 0 Å². The Balaban J connectivity index is 1.11. The highest BCUT2D eigenvalue weighted by Gasteiger charge is 2.35. The molecule has 0 fully saturated rings. The number of benzene rings is 3. The first-order valence-corrected chi connectivity index (χ1v) is 13.1. The van der Waals surface area contributed by atoms with Gasteiger partial charge in [-0.15, -0.1) is 0 Å². The van der Waals surface area contributed by atoms with Crippen molar-refractivity contribution >= 4 is 35.1 Å². The molecule has 3 heterocycles. The second-order valence-corrected chi connectivity index (χ2v) is 9.76. The number of rotatable bonds is 6. The molecule has 1 atom stereocenters. The summed E-state index contributed by atoms with van der Waals surface area (Å²) in [4.78, 5) is 48.7. The van der Waals surface area contributed by atoms with E-state index in [1.807, 2.05) is 49.5 Å². The molecule has 0 aliphatic carbocycles. The van der Waals surface area contributed by atoms with Crippen molar-refractivity contribution in [3.05, 3.63) is 137 Å². The van der Waals surface area contributed by atoms with Crippen molar-refractivity contribution in [1.82, 2.24) is 15.2 Å². The summed E-state index contributed by atoms with van der Waals surface area (Å²) in [6, 6.07) is 23.0. The summed E-state index contributed by atoms with van der Waals surface area (Å²) >= 11 is 0. The van der Waals surface area contributed by atoms with Crippen LogP contribution in [0.1, 0.15) is 53.8 Å². The standard InChI is InChI=1S/C32H26N6O3/c1-20-16-24(11-12-27(20)36-32-34-15-13-28(37-32)23-8-5-14-33-18-23)35-29(39)22-7-4-6-21(17-22)19-38-30(40)25-9-2-3-10-26(25)31(38)41/h2-18,28H,19H2,1H3,(H,35,39)(H2,34,36,37). The number of imide groups is 1. The van der Waals surface area contributed by atoms with Crippen LogP contribution in [0.15, 0.2) is 109 Å². The maximum atomic E-state index is 13.1. The molecular formula is C32H26N6O3. The van der Waals surface area contributed by atoms with E-state index in [2.05, 4.69) is 20.9 Å². The molecule has 41 heavy (non-hydrogen) atoms. The van der Waals surface area contributed by atoms with E-state index in [-0.39, 0.29) is 30.3 Å². The van der Waals surface area contributed by atoms with Gasteiger partial charge in [0, 0.05) is 35.5 Å². The zero-order valence-electron chi connectivity index (χ0n) is 22.2. The minimum Gasteiger partial charge on any atom is -0.333 e. The number of amides is 3. The Kier molecular flexibility index (Phi) is 6.83. The first-order valence-electron chi connectivity index (χ1n) is 13.1. The number of pyridine rings is 1. The van der Waals surface area contributed by atoms with Crippen LogP contribution in [0.5, 0.6) is 0 Å². The number of anilines is 2. The number of carbonyl (C=O) groups excluding carboxylic acids is 3. The summed E-state index contributed by atoms with van der Waals surface area (Å²) in [5, 5.41) is 9.37. The summed E-state index contributed by atoms with van der Waals surface area (Å²) < 4.78 is 0. The zero-order valence-corrected chi connectivity index (χ0v) is 22.2. The summed E-state index contributed by atoms with van der Waals surface area (Å²) in [5.74, 6) is -0.349. The van der Waals surface area contributed by atoms with E-state index in [0.717, 1.165) is 16.8 Å². The fourth-order valence-corrected chi connectivity index (χ4v) is 4.83. The average molecular weight is 543 g/mol. The van der Waals surface area contributed by atoms with Gasteiger partial charge in [0.2, 0.25) is 5.96 Å². The predicted octanol–water partition coefficient (Wildman–Crippen LogP) is 5.06. The number of fused-ring (bicyclic) bond motifs is 1. The topological polar surface area (TPSA) is 116 Å². The van der Waals surface area contributed by atoms with E-state index in [0.29, 0.717) is 33.9 Å². The maximum absolute atomic E-state index is 13.1. The summed E-state index contributed by atoms with van der Waals surface area (Å²) in [6.45, 7) is 2.03. The van der Waals surface area contributed by atoms with Gasteiger partial charge in [-0.1, -0.05) is 30.3 Å². The van der Waals surface area contributed by atoms with Gasteiger partial charge in [0.25, 0.3) is 17.7 Å². The maximum Gasteiger partial charge on any atom is 0.261 e. The Morgan fingerprint density at radius 2 is 1.76 bits per heavy atom. The van der Waals surface area contributed by atoms with Gasteiger partial charge in [-0.2, -0.15) is 0 Å². The van der Waals surface area contributed by atoms with Crippen LogP contribution in [-0.2, 0) is 6.54 Å². The molecule has 1 unspecified atom stereocenters. The first kappa shape index (κ1) is 25.7. The number of aryl methyl sites for hydroxylation is 1. The SMILES string of the molecule is Cc1cc(NC(=O)c2cccc(CN3C(=O)c4ccccc4C3=O)c2)ccc1NC1=NC(c2cccnc2)C=CN1. The lowest BCUT2D eigenvalue weighted by Crippen LogP contribution is -2.29. The molecule has 0 bridgehead atoms. The molecular weight excluding hydrogens is 516 g/mol. The lowest BCUT2D eigenvalue weighted by atomic mass is 10.1. The molecule has 3 N–H and O–H groups in total. The third-order valence-corrected chi connectivity index (χ3v) is 6.94. The van der Waals surface area contributed by atoms with E-state index < -0.39 is 0 Å². The predicted molar refractivity (Wildman–Crippen MR) is 157 cm³/mol. The number of nitrogens with one attached hydrogen (secondary N) is 3. The zero-order chi connectivity index (χ0) is 28.3. The van der Waals surface area contributed by atoms with Crippen LogP contribution in [0.2, 0.25) is 0 Å². The van der Waals surface area contributed by atoms with Crippen molar-refractivity contribution in [3.8, 4) is 0 Å². The smallest absolute Gasteiger partial charge is 0.261 e. The first-order chi connectivity index (χ1) is 20.0. The highest BCUT2D eigenvalue weighted by Crippen LogP contribution is 2.26. The largest absolute Gasteiger partial charge is 0.333 e. The van der Waals surface area contributed by atoms with Crippen molar-refractivity contribution < 1.29 is 14.4 Å². The van der Waals surface area contributed by atoms with Crippen molar-refractivity contribution in [2.45, 2.75) is 19.5 Å². The number of carbonyl (C=O) groups is 3. The number of guanidine groups is 1. The third-order valence-electron chi connectivity index (χ3n) is 6.94. The summed E-state index contributed by atoms with van der Waals surface area (Å²) in [6.07, 6.45) is 7.34. The van der Waals surface area contributed by atoms with Crippen LogP contribution in [-0.4, -0.2) is 33.6 Å². The van der Waals surface area contributed by atoms with Crippen LogP contribution in [0.4, 0.5) is 11.4 Å². The molecule has 9 nitrogen and oxygen atoms in total. The molecule has 0 saturated heterocycles. The molecule has 3 amide bonds. The molecule has 2 aliphatic heterocycles. The fraction of sp³-hybridized carbons (Fsp3) is 0.0938. The second-order valence-electron chi connectivity index (χ2n) is 9.76. The number of hydrogen-bond acceptors (Lipinski definition) is 7. The fourth-order valence-electron chi connectivity index (χ4n) is 4.83. The van der Waals surface area contributed by atoms with Gasteiger partial charge < -0.3 is 16.0 Å². The van der Waals surface area contributed by atoms with Crippen LogP contribution in [0, 0.1) is 6.92 Å². The normalized spacial score (nSPS) is 15.7. The van der Waals surface area contributed by atoms with Crippen LogP contribution < -0.4 is 16.0 Å². The van der Waals surface area contributed by atoms with Crippen LogP contribution in [0.25, 0.3) is 0 Å². The Hall–Kier alpha value is -5.57. The molecule has 4 aromatic rings. The van der Waals surface area contributed by atoms with Gasteiger partial charge in [0.15, 0.2) is 0 Å². The highest BCUT2D eigenvalue weighted by atomic mass is 16.2. The summed E-state index contributed by atoms with van der Waals surface area (Å²) in [5.41, 5.74) is 5.29. The Bertz CT molecular complexity index is 1700. The quantitative estimate of drug-likeness (QED) is 0.293. The van der Waals surface area contributed by atoms with Crippen LogP contribution >= 0.6 is 0 Å². The van der Waals surface area contributed by atoms with Crippen LogP contribution in [0.3, 0.4) is 0 Å². The number of nitrogens with zero attached hydrogens (tertiary/aromatic N) is 3. The Labute approximate surface area is 236 Å². The van der Waals surface area contributed by atoms with E-state index in [4.69, 9.17) is 4.99 Å². The van der Waals surface area contributed by atoms with Gasteiger partial charge in [0.1, 0.15) is 6.04 Å². The number of aromatic nitrogens is 1. The molecule has 6 rings (SSSR count). The molecule has 202 valence electrons. The summed E-state index contributed by atoms with van der Waals surface area (Å²) in [7, 11) is 0. The highest BCUT2D eigenvalue weighted by molar-refractivity contribution is 6.21. The van der Waals surface area contributed by atoms with Crippen molar-refractivity contribution in [2.24, 2.45) is 4.99 Å². The number of aliphatic imine (C=N–C) groups is 1. The average Bonchev–Trinajstić information content (AvgIpc) is 3.24. The molecule has 0 saturated carbocycles. The molecule has 2 aliphatic rings. The second kappa shape index (κ2) is 10.9. The Morgan fingerprint density at radius 3 is 2.49 bits per heavy atom. The number of hydrogen-bond donors (Lipinski definition) is 3. The Morgan fingerprint density at radius 1 is 0.951 bits per heavy atom. The lowest BCUT2D eigenvalue weighted by molar-refractivity contribution is 0.0642. The van der Waals surface area contributed by atoms with Crippen molar-refractivity contribution in [1.29, 1.82) is 0 Å². The van der Waals surface area contributed by atoms with E-state index in [9.17, 15) is 14.4 Å². The lowest BCUT2D eigenvalue weighted by Gasteiger charge is -2.19. The minimum absolute atomic E-state index is 0.0850. The molecule has 0 radical (unpaired) electrons. The third kappa shape index (κ3) is 5.33.